The molecule has 1 saturated carbocycles. The van der Waals surface area contributed by atoms with Crippen molar-refractivity contribution in [3.63, 3.8) is 0 Å². The van der Waals surface area contributed by atoms with Crippen molar-refractivity contribution in [1.82, 2.24) is 4.90 Å². The second-order valence-electron chi connectivity index (χ2n) is 4.33. The zero-order valence-corrected chi connectivity index (χ0v) is 10.7. The quantitative estimate of drug-likeness (QED) is 0.643. The molecule has 4 nitrogen and oxygen atoms in total. The highest BCUT2D eigenvalue weighted by Gasteiger charge is 2.29. The van der Waals surface area contributed by atoms with Gasteiger partial charge in [-0.3, -0.25) is 4.90 Å². The summed E-state index contributed by atoms with van der Waals surface area (Å²) >= 11 is 0. The van der Waals surface area contributed by atoms with Crippen LogP contribution in [0.15, 0.2) is 0 Å². The Hall–Kier alpha value is -0.600. The lowest BCUT2D eigenvalue weighted by Gasteiger charge is -2.20. The molecule has 1 aliphatic carbocycles. The third-order valence-corrected chi connectivity index (χ3v) is 4.61. The van der Waals surface area contributed by atoms with Gasteiger partial charge in [-0.1, -0.05) is 6.92 Å². The minimum Gasteiger partial charge on any atom is -0.298 e. The second-order valence-corrected chi connectivity index (χ2v) is 6.63. The van der Waals surface area contributed by atoms with Crippen molar-refractivity contribution in [1.29, 1.82) is 5.26 Å². The highest BCUT2D eigenvalue weighted by atomic mass is 32.2. The van der Waals surface area contributed by atoms with Crippen molar-refractivity contribution in [2.75, 3.05) is 24.6 Å². The van der Waals surface area contributed by atoms with Gasteiger partial charge in [0.05, 0.1) is 11.8 Å². The standard InChI is InChI=1S/C11H20N2O2S/c1-2-9-16(14,15)10-8-13(7-3-6-12)11-4-5-11/h11H,2-5,7-10H2,1H3. The van der Waals surface area contributed by atoms with E-state index in [-0.39, 0.29) is 11.5 Å². The van der Waals surface area contributed by atoms with Crippen molar-refractivity contribution in [3.05, 3.63) is 0 Å². The van der Waals surface area contributed by atoms with E-state index in [0.29, 0.717) is 32.0 Å². The van der Waals surface area contributed by atoms with Crippen LogP contribution in [0.1, 0.15) is 32.6 Å². The van der Waals surface area contributed by atoms with E-state index < -0.39 is 9.84 Å². The summed E-state index contributed by atoms with van der Waals surface area (Å²) in [6.07, 6.45) is 3.48. The normalized spacial score (nSPS) is 16.3. The van der Waals surface area contributed by atoms with E-state index in [4.69, 9.17) is 5.26 Å². The zero-order valence-electron chi connectivity index (χ0n) is 9.85. The van der Waals surface area contributed by atoms with Crippen molar-refractivity contribution in [3.8, 4) is 6.07 Å². The molecule has 0 amide bonds. The fourth-order valence-corrected chi connectivity index (χ4v) is 3.12. The summed E-state index contributed by atoms with van der Waals surface area (Å²) in [6.45, 7) is 3.18. The molecular weight excluding hydrogens is 224 g/mol. The van der Waals surface area contributed by atoms with Crippen LogP contribution in [-0.2, 0) is 9.84 Å². The minimum atomic E-state index is -2.88. The second kappa shape index (κ2) is 6.21. The molecule has 0 unspecified atom stereocenters. The van der Waals surface area contributed by atoms with Gasteiger partial charge < -0.3 is 0 Å². The zero-order chi connectivity index (χ0) is 12.0. The Kier molecular flexibility index (Phi) is 5.23. The van der Waals surface area contributed by atoms with Crippen LogP contribution in [0, 0.1) is 11.3 Å². The summed E-state index contributed by atoms with van der Waals surface area (Å²) in [7, 11) is -2.88. The predicted octanol–water partition coefficient (Wildman–Crippen LogP) is 1.19. The number of hydrogen-bond acceptors (Lipinski definition) is 4. The third kappa shape index (κ3) is 4.95. The number of hydrogen-bond donors (Lipinski definition) is 0. The molecule has 0 saturated heterocycles. The van der Waals surface area contributed by atoms with Crippen molar-refractivity contribution < 1.29 is 8.42 Å². The maximum Gasteiger partial charge on any atom is 0.151 e. The Balaban J connectivity index is 2.35. The SMILES string of the molecule is CCCS(=O)(=O)CCN(CCC#N)C1CC1. The van der Waals surface area contributed by atoms with E-state index in [9.17, 15) is 8.42 Å². The highest BCUT2D eigenvalue weighted by Crippen LogP contribution is 2.26. The van der Waals surface area contributed by atoms with Gasteiger partial charge in [0.1, 0.15) is 0 Å². The van der Waals surface area contributed by atoms with Crippen LogP contribution in [0.3, 0.4) is 0 Å². The largest absolute Gasteiger partial charge is 0.298 e. The van der Waals surface area contributed by atoms with Gasteiger partial charge in [0.25, 0.3) is 0 Å². The first-order valence-corrected chi connectivity index (χ1v) is 7.72. The monoisotopic (exact) mass is 244 g/mol. The number of sulfone groups is 1. The van der Waals surface area contributed by atoms with Crippen LogP contribution in [-0.4, -0.2) is 44.0 Å². The van der Waals surface area contributed by atoms with Crippen LogP contribution in [0.5, 0.6) is 0 Å². The van der Waals surface area contributed by atoms with Crippen LogP contribution >= 0.6 is 0 Å². The fraction of sp³-hybridized carbons (Fsp3) is 0.909. The van der Waals surface area contributed by atoms with Gasteiger partial charge in [-0.15, -0.1) is 0 Å². The maximum absolute atomic E-state index is 11.6. The Bertz CT molecular complexity index is 341. The van der Waals surface area contributed by atoms with Crippen LogP contribution < -0.4 is 0 Å². The molecule has 1 fully saturated rings. The Morgan fingerprint density at radius 1 is 1.31 bits per heavy atom. The first kappa shape index (κ1) is 13.5. The number of nitriles is 1. The van der Waals surface area contributed by atoms with Gasteiger partial charge in [0.15, 0.2) is 9.84 Å². The molecule has 0 heterocycles. The van der Waals surface area contributed by atoms with E-state index in [1.54, 1.807) is 0 Å². The topological polar surface area (TPSA) is 61.2 Å². The summed E-state index contributed by atoms with van der Waals surface area (Å²) in [4.78, 5) is 2.15. The molecule has 0 aromatic rings. The average Bonchev–Trinajstić information content (AvgIpc) is 3.01. The summed E-state index contributed by atoms with van der Waals surface area (Å²) in [5.41, 5.74) is 0. The van der Waals surface area contributed by atoms with E-state index in [0.717, 1.165) is 12.8 Å². The Morgan fingerprint density at radius 2 is 2.00 bits per heavy atom. The number of rotatable bonds is 8. The van der Waals surface area contributed by atoms with Crippen molar-refractivity contribution in [2.24, 2.45) is 0 Å². The molecule has 0 radical (unpaired) electrons. The van der Waals surface area contributed by atoms with E-state index in [1.165, 1.54) is 0 Å². The first-order valence-electron chi connectivity index (χ1n) is 5.90. The lowest BCUT2D eigenvalue weighted by Crippen LogP contribution is -2.32. The predicted molar refractivity (Wildman–Crippen MR) is 63.8 cm³/mol. The van der Waals surface area contributed by atoms with E-state index >= 15 is 0 Å². The van der Waals surface area contributed by atoms with Gasteiger partial charge in [-0.05, 0) is 19.3 Å². The average molecular weight is 244 g/mol. The Labute approximate surface area is 98.2 Å². The lowest BCUT2D eigenvalue weighted by atomic mass is 10.4. The van der Waals surface area contributed by atoms with Gasteiger partial charge in [-0.25, -0.2) is 8.42 Å². The van der Waals surface area contributed by atoms with Gasteiger partial charge in [0, 0.05) is 31.3 Å². The summed E-state index contributed by atoms with van der Waals surface area (Å²) in [5, 5.41) is 8.53. The third-order valence-electron chi connectivity index (χ3n) is 2.78. The molecule has 0 atom stereocenters. The van der Waals surface area contributed by atoms with Crippen molar-refractivity contribution in [2.45, 2.75) is 38.6 Å². The molecule has 0 spiro atoms. The van der Waals surface area contributed by atoms with Crippen LogP contribution in [0.2, 0.25) is 0 Å². The molecule has 92 valence electrons. The summed E-state index contributed by atoms with van der Waals surface area (Å²) in [6, 6.07) is 2.64. The van der Waals surface area contributed by atoms with Crippen LogP contribution in [0.25, 0.3) is 0 Å². The summed E-state index contributed by atoms with van der Waals surface area (Å²) in [5.74, 6) is 0.520. The molecule has 5 heteroatoms. The molecule has 0 bridgehead atoms. The van der Waals surface area contributed by atoms with E-state index in [1.807, 2.05) is 6.92 Å². The van der Waals surface area contributed by atoms with Gasteiger partial charge in [-0.2, -0.15) is 5.26 Å². The Morgan fingerprint density at radius 3 is 2.50 bits per heavy atom. The summed E-state index contributed by atoms with van der Waals surface area (Å²) < 4.78 is 23.1. The molecule has 1 rings (SSSR count). The molecule has 0 aliphatic heterocycles. The molecule has 0 aromatic heterocycles. The highest BCUT2D eigenvalue weighted by molar-refractivity contribution is 7.91. The number of nitrogens with zero attached hydrogens (tertiary/aromatic N) is 2. The lowest BCUT2D eigenvalue weighted by molar-refractivity contribution is 0.285. The molecular formula is C11H20N2O2S. The first-order chi connectivity index (χ1) is 7.59. The van der Waals surface area contributed by atoms with Crippen LogP contribution in [0.4, 0.5) is 0 Å². The minimum absolute atomic E-state index is 0.239. The maximum atomic E-state index is 11.6. The van der Waals surface area contributed by atoms with E-state index in [2.05, 4.69) is 11.0 Å². The van der Waals surface area contributed by atoms with Crippen molar-refractivity contribution >= 4 is 9.84 Å². The van der Waals surface area contributed by atoms with Gasteiger partial charge >= 0.3 is 0 Å². The smallest absolute Gasteiger partial charge is 0.151 e. The fourth-order valence-electron chi connectivity index (χ4n) is 1.78. The molecule has 1 aliphatic rings. The van der Waals surface area contributed by atoms with Gasteiger partial charge in [0.2, 0.25) is 0 Å². The molecule has 0 aromatic carbocycles. The molecule has 16 heavy (non-hydrogen) atoms. The molecule has 0 N–H and O–H groups in total.